The van der Waals surface area contributed by atoms with Crippen molar-refractivity contribution in [2.45, 2.75) is 81.5 Å². The number of hydrogen-bond acceptors (Lipinski definition) is 10. The fraction of sp³-hybridized carbons (Fsp3) is 0.571. The molecule has 0 radical (unpaired) electrons. The van der Waals surface area contributed by atoms with Crippen molar-refractivity contribution < 1.29 is 41.4 Å². The number of esters is 1. The summed E-state index contributed by atoms with van der Waals surface area (Å²) in [7, 11) is -4.17. The molecule has 2 amide bonds. The van der Waals surface area contributed by atoms with Crippen LogP contribution in [0.4, 0.5) is 10.1 Å². The summed E-state index contributed by atoms with van der Waals surface area (Å²) in [6, 6.07) is 7.56. The van der Waals surface area contributed by atoms with Gasteiger partial charge in [-0.2, -0.15) is 0 Å². The highest BCUT2D eigenvalue weighted by atomic mass is 32.2. The number of rotatable bonds is 10. The molecule has 49 heavy (non-hydrogen) atoms. The molecule has 2 aliphatic heterocycles. The van der Waals surface area contributed by atoms with E-state index in [0.29, 0.717) is 76.2 Å². The number of morpholine rings is 1. The van der Waals surface area contributed by atoms with Crippen LogP contribution in [0.3, 0.4) is 0 Å². The van der Waals surface area contributed by atoms with Gasteiger partial charge in [-0.3, -0.25) is 19.3 Å². The van der Waals surface area contributed by atoms with Crippen LogP contribution in [0, 0.1) is 11.2 Å². The van der Waals surface area contributed by atoms with E-state index < -0.39 is 55.1 Å². The van der Waals surface area contributed by atoms with Gasteiger partial charge in [0, 0.05) is 25.2 Å². The van der Waals surface area contributed by atoms with Crippen LogP contribution in [0.2, 0.25) is 0 Å². The Labute approximate surface area is 286 Å². The van der Waals surface area contributed by atoms with Gasteiger partial charge in [-0.25, -0.2) is 12.8 Å². The third kappa shape index (κ3) is 7.47. The van der Waals surface area contributed by atoms with Crippen LogP contribution >= 0.6 is 0 Å². The molecule has 2 bridgehead atoms. The quantitative estimate of drug-likeness (QED) is 0.353. The van der Waals surface area contributed by atoms with Crippen molar-refractivity contribution in [1.82, 2.24) is 10.2 Å². The van der Waals surface area contributed by atoms with Crippen molar-refractivity contribution in [2.75, 3.05) is 50.1 Å². The van der Waals surface area contributed by atoms with Crippen LogP contribution in [0.5, 0.6) is 5.75 Å². The molecule has 3 saturated carbocycles. The molecule has 3 aliphatic carbocycles. The zero-order valence-electron chi connectivity index (χ0n) is 28.0. The van der Waals surface area contributed by atoms with Gasteiger partial charge in [0.2, 0.25) is 5.91 Å². The highest BCUT2D eigenvalue weighted by molar-refractivity contribution is 7.91. The molecule has 2 heterocycles. The van der Waals surface area contributed by atoms with Crippen LogP contribution < -0.4 is 20.7 Å². The number of nitrogens with two attached hydrogens (primary N) is 1. The lowest BCUT2D eigenvalue weighted by Gasteiger charge is -2.52. The third-order valence-corrected chi connectivity index (χ3v) is 12.1. The van der Waals surface area contributed by atoms with Crippen LogP contribution in [0.15, 0.2) is 41.3 Å². The third-order valence-electron chi connectivity index (χ3n) is 10.3. The Morgan fingerprint density at radius 1 is 1.06 bits per heavy atom. The Balaban J connectivity index is 1.18. The summed E-state index contributed by atoms with van der Waals surface area (Å²) in [5.41, 5.74) is 4.99. The Morgan fingerprint density at radius 2 is 1.71 bits per heavy atom. The maximum atomic E-state index is 15.7. The molecule has 266 valence electrons. The number of ether oxygens (including phenoxy) is 3. The minimum Gasteiger partial charge on any atom is -0.491 e. The van der Waals surface area contributed by atoms with E-state index in [1.54, 1.807) is 24.3 Å². The average molecular weight is 701 g/mol. The molecule has 3 N–H and O–H groups in total. The monoisotopic (exact) mass is 700 g/mol. The molecule has 14 heteroatoms. The fourth-order valence-corrected chi connectivity index (χ4v) is 8.98. The standard InChI is InChI=1S/C35H45FN4O8S/c1-23(2)48-25-5-3-24(4-6-25)21-40-29-19-26(27(36)20-30(29)49(44,45)22-28(37)32(40)42)31(41)38-35-10-7-34(8-11-35,9-12-35)33(43)47-18-15-39-13-16-46-17-14-39/h3-6,19-20,23,28H,7-18,21-22,37H2,1-2H3,(H,38,41)/t28-,34?,35?/m0/s1. The fourth-order valence-electron chi connectivity index (χ4n) is 7.42. The number of benzene rings is 2. The van der Waals surface area contributed by atoms with Crippen molar-refractivity contribution in [3.63, 3.8) is 0 Å². The van der Waals surface area contributed by atoms with E-state index in [0.717, 1.165) is 25.2 Å². The molecule has 12 nitrogen and oxygen atoms in total. The van der Waals surface area contributed by atoms with E-state index in [1.807, 2.05) is 13.8 Å². The van der Waals surface area contributed by atoms with Crippen molar-refractivity contribution >= 4 is 33.3 Å². The summed E-state index contributed by atoms with van der Waals surface area (Å²) in [5, 5.41) is 3.03. The van der Waals surface area contributed by atoms with E-state index in [9.17, 15) is 22.8 Å². The van der Waals surface area contributed by atoms with Crippen molar-refractivity contribution in [3.8, 4) is 5.75 Å². The largest absolute Gasteiger partial charge is 0.491 e. The van der Waals surface area contributed by atoms with Crippen LogP contribution in [-0.2, 0) is 35.4 Å². The average Bonchev–Trinajstić information content (AvgIpc) is 3.14. The second kappa shape index (κ2) is 14.0. The van der Waals surface area contributed by atoms with E-state index in [1.165, 1.54) is 4.90 Å². The van der Waals surface area contributed by atoms with Crippen LogP contribution in [0.1, 0.15) is 68.3 Å². The Bertz CT molecular complexity index is 1670. The lowest BCUT2D eigenvalue weighted by atomic mass is 9.57. The topological polar surface area (TPSA) is 158 Å². The van der Waals surface area contributed by atoms with E-state index >= 15 is 4.39 Å². The second-order valence-electron chi connectivity index (χ2n) is 14.0. The predicted octanol–water partition coefficient (Wildman–Crippen LogP) is 2.96. The van der Waals surface area contributed by atoms with E-state index in [-0.39, 0.29) is 29.9 Å². The smallest absolute Gasteiger partial charge is 0.312 e. The predicted molar refractivity (Wildman–Crippen MR) is 178 cm³/mol. The number of sulfone groups is 1. The molecule has 2 aromatic rings. The highest BCUT2D eigenvalue weighted by Gasteiger charge is 2.54. The zero-order valence-corrected chi connectivity index (χ0v) is 28.9. The molecule has 7 rings (SSSR count). The second-order valence-corrected chi connectivity index (χ2v) is 16.0. The molecular formula is C35H45FN4O8S. The van der Waals surface area contributed by atoms with Crippen LogP contribution in [-0.4, -0.2) is 94.0 Å². The maximum absolute atomic E-state index is 15.7. The highest BCUT2D eigenvalue weighted by Crippen LogP contribution is 2.53. The van der Waals surface area contributed by atoms with Gasteiger partial charge in [-0.1, -0.05) is 12.1 Å². The molecule has 0 unspecified atom stereocenters. The Hall–Kier alpha value is -3.59. The van der Waals surface area contributed by atoms with Crippen LogP contribution in [0.25, 0.3) is 0 Å². The van der Waals surface area contributed by atoms with Gasteiger partial charge in [0.1, 0.15) is 18.2 Å². The first-order valence-corrected chi connectivity index (χ1v) is 18.6. The first-order valence-electron chi connectivity index (χ1n) is 17.0. The minimum atomic E-state index is -4.17. The van der Waals surface area contributed by atoms with Crippen molar-refractivity contribution in [1.29, 1.82) is 0 Å². The minimum absolute atomic E-state index is 0.0378. The van der Waals surface area contributed by atoms with Crippen molar-refractivity contribution in [3.05, 3.63) is 53.3 Å². The lowest BCUT2D eigenvalue weighted by molar-refractivity contribution is -0.164. The van der Waals surface area contributed by atoms with E-state index in [4.69, 9.17) is 19.9 Å². The number of nitrogens with one attached hydrogen (secondary N) is 1. The normalized spacial score (nSPS) is 26.6. The summed E-state index contributed by atoms with van der Waals surface area (Å²) < 4.78 is 59.0. The number of nitrogens with zero attached hydrogens (tertiary/aromatic N) is 2. The molecule has 1 saturated heterocycles. The van der Waals surface area contributed by atoms with Gasteiger partial charge in [-0.05, 0) is 82.2 Å². The molecule has 5 aliphatic rings. The van der Waals surface area contributed by atoms with Gasteiger partial charge in [0.05, 0.1) is 59.2 Å². The molecule has 0 aromatic heterocycles. The molecule has 0 spiro atoms. The maximum Gasteiger partial charge on any atom is 0.312 e. The Kier molecular flexibility index (Phi) is 10.0. The summed E-state index contributed by atoms with van der Waals surface area (Å²) in [4.78, 5) is 43.5. The SMILES string of the molecule is CC(C)Oc1ccc(CN2C(=O)[C@@H](N)CS(=O)(=O)c3cc(F)c(C(=O)NC45CCC(C(=O)OCCN6CCOCC6)(CC4)CC5)cc32)cc1. The van der Waals surface area contributed by atoms with Crippen molar-refractivity contribution in [2.24, 2.45) is 11.1 Å². The van der Waals surface area contributed by atoms with Gasteiger partial charge in [-0.15, -0.1) is 0 Å². The lowest BCUT2D eigenvalue weighted by Crippen LogP contribution is -2.58. The number of carbonyl (C=O) groups excluding carboxylic acids is 3. The summed E-state index contributed by atoms with van der Waals surface area (Å²) in [6.07, 6.45) is 3.14. The summed E-state index contributed by atoms with van der Waals surface area (Å²) >= 11 is 0. The molecular weight excluding hydrogens is 655 g/mol. The number of hydrogen-bond donors (Lipinski definition) is 2. The number of fused-ring (bicyclic) bond motifs is 4. The van der Waals surface area contributed by atoms with Gasteiger partial charge in [0.25, 0.3) is 5.91 Å². The van der Waals surface area contributed by atoms with Gasteiger partial charge < -0.3 is 30.2 Å². The Morgan fingerprint density at radius 3 is 2.35 bits per heavy atom. The summed E-state index contributed by atoms with van der Waals surface area (Å²) in [5.74, 6) is -2.65. The first kappa shape index (κ1) is 35.2. The number of amides is 2. The number of halogens is 1. The van der Waals surface area contributed by atoms with Gasteiger partial charge >= 0.3 is 5.97 Å². The number of anilines is 1. The molecule has 2 aromatic carbocycles. The number of carbonyl (C=O) groups is 3. The van der Waals surface area contributed by atoms with E-state index in [2.05, 4.69) is 10.2 Å². The van der Waals surface area contributed by atoms with Gasteiger partial charge in [0.15, 0.2) is 9.84 Å². The molecule has 1 atom stereocenters. The first-order chi connectivity index (χ1) is 23.3. The molecule has 4 fully saturated rings. The zero-order chi connectivity index (χ0) is 35.0. The summed E-state index contributed by atoms with van der Waals surface area (Å²) in [6.45, 7) is 7.70.